The first-order valence-electron chi connectivity index (χ1n) is 7.38. The molecule has 0 atom stereocenters. The van der Waals surface area contributed by atoms with E-state index in [4.69, 9.17) is 4.42 Å². The van der Waals surface area contributed by atoms with E-state index in [2.05, 4.69) is 10.3 Å². The second-order valence-corrected chi connectivity index (χ2v) is 6.95. The van der Waals surface area contributed by atoms with Crippen LogP contribution in [0.3, 0.4) is 0 Å². The average molecular weight is 362 g/mol. The minimum atomic E-state index is -0.233. The van der Waals surface area contributed by atoms with Crippen LogP contribution in [-0.2, 0) is 0 Å². The highest BCUT2D eigenvalue weighted by Gasteiger charge is 2.12. The molecule has 2 aromatic heterocycles. The third-order valence-corrected chi connectivity index (χ3v) is 5.11. The van der Waals surface area contributed by atoms with E-state index in [0.29, 0.717) is 23.0 Å². The maximum absolute atomic E-state index is 12.8. The van der Waals surface area contributed by atoms with Crippen molar-refractivity contribution in [2.45, 2.75) is 11.3 Å². The number of carbonyl (C=O) groups is 1. The predicted molar refractivity (Wildman–Crippen MR) is 93.9 cm³/mol. The number of amides is 1. The number of benzene rings is 1. The van der Waals surface area contributed by atoms with Crippen molar-refractivity contribution in [2.24, 2.45) is 0 Å². The lowest BCUT2D eigenvalue weighted by molar-refractivity contribution is 0.0949. The molecule has 0 saturated heterocycles. The first-order chi connectivity index (χ1) is 11.7. The minimum Gasteiger partial charge on any atom is -0.462 e. The van der Waals surface area contributed by atoms with Crippen LogP contribution in [0.15, 0.2) is 57.4 Å². The van der Waals surface area contributed by atoms with Crippen molar-refractivity contribution in [3.63, 3.8) is 0 Å². The van der Waals surface area contributed by atoms with E-state index in [1.54, 1.807) is 41.6 Å². The number of carbonyl (C=O) groups excluding carboxylic acids is 1. The van der Waals surface area contributed by atoms with Crippen molar-refractivity contribution in [1.82, 2.24) is 10.3 Å². The zero-order valence-corrected chi connectivity index (χ0v) is 14.3. The van der Waals surface area contributed by atoms with Crippen molar-refractivity contribution >= 4 is 29.0 Å². The third-order valence-electron chi connectivity index (χ3n) is 3.16. The first-order valence-corrected chi connectivity index (χ1v) is 9.25. The summed E-state index contributed by atoms with van der Waals surface area (Å²) in [7, 11) is 0. The predicted octanol–water partition coefficient (Wildman–Crippen LogP) is 4.45. The molecule has 0 radical (unpaired) electrons. The molecular formula is C17H15FN2O2S2. The van der Waals surface area contributed by atoms with Gasteiger partial charge in [0.25, 0.3) is 5.91 Å². The molecule has 0 aliphatic rings. The molecule has 0 spiro atoms. The number of nitrogens with one attached hydrogen (secondary N) is 1. The maximum atomic E-state index is 12.8. The molecule has 24 heavy (non-hydrogen) atoms. The highest BCUT2D eigenvalue weighted by atomic mass is 32.2. The molecular weight excluding hydrogens is 347 g/mol. The van der Waals surface area contributed by atoms with Gasteiger partial charge in [-0.15, -0.1) is 23.1 Å². The molecule has 0 aliphatic heterocycles. The van der Waals surface area contributed by atoms with Crippen LogP contribution >= 0.6 is 23.1 Å². The fourth-order valence-electron chi connectivity index (χ4n) is 1.98. The summed E-state index contributed by atoms with van der Waals surface area (Å²) in [6.45, 7) is 0.570. The molecule has 1 N–H and O–H groups in total. The number of hydrogen-bond donors (Lipinski definition) is 1. The molecule has 124 valence electrons. The average Bonchev–Trinajstić information content (AvgIpc) is 3.27. The zero-order valence-electron chi connectivity index (χ0n) is 12.7. The summed E-state index contributed by atoms with van der Waals surface area (Å²) in [6, 6.07) is 10.0. The number of thioether (sulfide) groups is 1. The Morgan fingerprint density at radius 2 is 2.12 bits per heavy atom. The van der Waals surface area contributed by atoms with E-state index in [9.17, 15) is 9.18 Å². The molecule has 0 bridgehead atoms. The second-order valence-electron chi connectivity index (χ2n) is 4.93. The smallest absolute Gasteiger partial charge is 0.270 e. The van der Waals surface area contributed by atoms with Gasteiger partial charge in [-0.25, -0.2) is 9.37 Å². The van der Waals surface area contributed by atoms with Crippen molar-refractivity contribution < 1.29 is 13.6 Å². The zero-order chi connectivity index (χ0) is 16.8. The molecule has 3 aromatic rings. The van der Waals surface area contributed by atoms with Gasteiger partial charge in [0, 0.05) is 16.8 Å². The lowest BCUT2D eigenvalue weighted by Crippen LogP contribution is -2.25. The van der Waals surface area contributed by atoms with Crippen LogP contribution in [0, 0.1) is 5.82 Å². The fraction of sp³-hybridized carbons (Fsp3) is 0.176. The van der Waals surface area contributed by atoms with Gasteiger partial charge in [0.1, 0.15) is 11.5 Å². The van der Waals surface area contributed by atoms with Crippen LogP contribution < -0.4 is 5.32 Å². The Hall–Kier alpha value is -2.12. The van der Waals surface area contributed by atoms with Gasteiger partial charge in [-0.1, -0.05) is 0 Å². The lowest BCUT2D eigenvalue weighted by Gasteiger charge is -2.03. The van der Waals surface area contributed by atoms with Gasteiger partial charge < -0.3 is 9.73 Å². The summed E-state index contributed by atoms with van der Waals surface area (Å²) in [6.07, 6.45) is 2.40. The molecule has 0 saturated carbocycles. The summed E-state index contributed by atoms with van der Waals surface area (Å²) < 4.78 is 18.1. The Labute approximate surface area is 147 Å². The molecule has 0 unspecified atom stereocenters. The number of rotatable bonds is 7. The number of halogens is 1. The van der Waals surface area contributed by atoms with Gasteiger partial charge in [0.05, 0.1) is 6.26 Å². The first kappa shape index (κ1) is 16.7. The van der Waals surface area contributed by atoms with Gasteiger partial charge in [0.2, 0.25) is 0 Å². The summed E-state index contributed by atoms with van der Waals surface area (Å²) in [5.74, 6) is 1.09. The van der Waals surface area contributed by atoms with E-state index >= 15 is 0 Å². The second kappa shape index (κ2) is 8.12. The van der Waals surface area contributed by atoms with E-state index < -0.39 is 0 Å². The minimum absolute atomic E-state index is 0.184. The summed E-state index contributed by atoms with van der Waals surface area (Å²) >= 11 is 3.01. The Balaban J connectivity index is 1.40. The largest absolute Gasteiger partial charge is 0.462 e. The van der Waals surface area contributed by atoms with Crippen LogP contribution in [0.2, 0.25) is 0 Å². The van der Waals surface area contributed by atoms with Crippen molar-refractivity contribution in [3.05, 3.63) is 59.6 Å². The van der Waals surface area contributed by atoms with Crippen LogP contribution in [-0.4, -0.2) is 23.2 Å². The fourth-order valence-corrected chi connectivity index (χ4v) is 3.60. The Bertz CT molecular complexity index is 785. The molecule has 3 rings (SSSR count). The number of aromatic nitrogens is 1. The van der Waals surface area contributed by atoms with Crippen LogP contribution in [0.5, 0.6) is 0 Å². The normalized spacial score (nSPS) is 10.7. The van der Waals surface area contributed by atoms with Gasteiger partial charge in [0.15, 0.2) is 10.8 Å². The van der Waals surface area contributed by atoms with Crippen molar-refractivity contribution in [2.75, 3.05) is 12.3 Å². The molecule has 1 aromatic carbocycles. The number of thiazole rings is 1. The van der Waals surface area contributed by atoms with Crippen molar-refractivity contribution in [3.8, 4) is 10.8 Å². The monoisotopic (exact) mass is 362 g/mol. The van der Waals surface area contributed by atoms with Gasteiger partial charge in [-0.05, 0) is 48.6 Å². The van der Waals surface area contributed by atoms with Crippen LogP contribution in [0.25, 0.3) is 10.8 Å². The maximum Gasteiger partial charge on any atom is 0.270 e. The molecule has 0 fully saturated rings. The Kier molecular flexibility index (Phi) is 5.66. The lowest BCUT2D eigenvalue weighted by atomic mass is 10.4. The highest BCUT2D eigenvalue weighted by Crippen LogP contribution is 2.24. The van der Waals surface area contributed by atoms with Crippen LogP contribution in [0.4, 0.5) is 4.39 Å². The standard InChI is InChI=1S/C17H15FN2O2S2/c18-12-4-6-13(7-5-12)23-10-2-8-19-16(21)14-11-24-17(20-14)15-3-1-9-22-15/h1,3-7,9,11H,2,8,10H2,(H,19,21). The number of nitrogens with zero attached hydrogens (tertiary/aromatic N) is 1. The molecule has 0 aliphatic carbocycles. The SMILES string of the molecule is O=C(NCCCSc1ccc(F)cc1)c1csc(-c2ccco2)n1. The summed E-state index contributed by atoms with van der Waals surface area (Å²) in [5, 5.41) is 5.27. The topological polar surface area (TPSA) is 55.1 Å². The van der Waals surface area contributed by atoms with E-state index in [1.165, 1.54) is 23.5 Å². The summed E-state index contributed by atoms with van der Waals surface area (Å²) in [4.78, 5) is 17.4. The molecule has 1 amide bonds. The van der Waals surface area contributed by atoms with Gasteiger partial charge in [-0.2, -0.15) is 0 Å². The summed E-state index contributed by atoms with van der Waals surface area (Å²) in [5.41, 5.74) is 0.401. The van der Waals surface area contributed by atoms with E-state index in [0.717, 1.165) is 17.1 Å². The van der Waals surface area contributed by atoms with Crippen LogP contribution in [0.1, 0.15) is 16.9 Å². The molecule has 7 heteroatoms. The third kappa shape index (κ3) is 4.46. The number of furan rings is 1. The Morgan fingerprint density at radius 3 is 2.88 bits per heavy atom. The van der Waals surface area contributed by atoms with Gasteiger partial charge >= 0.3 is 0 Å². The highest BCUT2D eigenvalue weighted by molar-refractivity contribution is 7.99. The Morgan fingerprint density at radius 1 is 1.29 bits per heavy atom. The quantitative estimate of drug-likeness (QED) is 0.498. The number of hydrogen-bond acceptors (Lipinski definition) is 5. The molecule has 2 heterocycles. The van der Waals surface area contributed by atoms with E-state index in [-0.39, 0.29) is 11.7 Å². The molecule has 4 nitrogen and oxygen atoms in total. The van der Waals surface area contributed by atoms with Crippen molar-refractivity contribution in [1.29, 1.82) is 0 Å². The van der Waals surface area contributed by atoms with Gasteiger partial charge in [-0.3, -0.25) is 4.79 Å². The van der Waals surface area contributed by atoms with E-state index in [1.807, 2.05) is 6.07 Å².